The molecule has 0 saturated carbocycles. The zero-order chi connectivity index (χ0) is 15.0. The molecule has 2 heterocycles. The van der Waals surface area contributed by atoms with Crippen LogP contribution in [0.1, 0.15) is 23.6 Å². The van der Waals surface area contributed by atoms with Gasteiger partial charge in [0, 0.05) is 18.1 Å². The maximum absolute atomic E-state index is 12.0. The summed E-state index contributed by atoms with van der Waals surface area (Å²) in [4.78, 5) is 17.8. The molecule has 1 aliphatic rings. The number of anilines is 1. The molecule has 1 aromatic carbocycles. The summed E-state index contributed by atoms with van der Waals surface area (Å²) in [6.45, 7) is 1.98. The number of hydrogen-bond acceptors (Lipinski definition) is 2. The number of carbonyl (C=O) groups excluding carboxylic acids is 1. The summed E-state index contributed by atoms with van der Waals surface area (Å²) in [7, 11) is 0. The molecule has 1 aromatic heterocycles. The number of rotatable bonds is 0. The minimum absolute atomic E-state index is 0.0466. The number of aromatic nitrogens is 1. The first-order valence-electron chi connectivity index (χ1n) is 6.45. The van der Waals surface area contributed by atoms with Crippen LogP contribution in [-0.2, 0) is 11.3 Å². The SMILES string of the molecule is CC(=O)N1Cc2cnc(Cl)cc2C=Cc2ccc(Cl)cc21. The van der Waals surface area contributed by atoms with Gasteiger partial charge in [0.25, 0.3) is 0 Å². The van der Waals surface area contributed by atoms with E-state index in [9.17, 15) is 4.79 Å². The van der Waals surface area contributed by atoms with Crippen LogP contribution in [0.2, 0.25) is 10.2 Å². The van der Waals surface area contributed by atoms with Crippen molar-refractivity contribution in [1.82, 2.24) is 4.98 Å². The maximum atomic E-state index is 12.0. The van der Waals surface area contributed by atoms with E-state index in [1.54, 1.807) is 30.2 Å². The highest BCUT2D eigenvalue weighted by Crippen LogP contribution is 2.31. The summed E-state index contributed by atoms with van der Waals surface area (Å²) in [5, 5.41) is 1.04. The summed E-state index contributed by atoms with van der Waals surface area (Å²) in [6, 6.07) is 7.31. The van der Waals surface area contributed by atoms with Crippen LogP contribution >= 0.6 is 23.2 Å². The van der Waals surface area contributed by atoms with Gasteiger partial charge in [0.1, 0.15) is 5.15 Å². The molecule has 0 N–H and O–H groups in total. The molecular weight excluding hydrogens is 307 g/mol. The molecule has 0 bridgehead atoms. The van der Waals surface area contributed by atoms with Crippen molar-refractivity contribution in [1.29, 1.82) is 0 Å². The third-order valence-corrected chi connectivity index (χ3v) is 3.87. The monoisotopic (exact) mass is 318 g/mol. The minimum Gasteiger partial charge on any atom is -0.308 e. The highest BCUT2D eigenvalue weighted by molar-refractivity contribution is 6.31. The molecule has 0 fully saturated rings. The van der Waals surface area contributed by atoms with Crippen LogP contribution in [-0.4, -0.2) is 10.9 Å². The average molecular weight is 319 g/mol. The van der Waals surface area contributed by atoms with E-state index in [-0.39, 0.29) is 5.91 Å². The van der Waals surface area contributed by atoms with Crippen molar-refractivity contribution in [3.05, 3.63) is 57.3 Å². The normalized spacial score (nSPS) is 13.2. The quantitative estimate of drug-likeness (QED) is 0.673. The number of amides is 1. The number of nitrogens with zero attached hydrogens (tertiary/aromatic N) is 2. The van der Waals surface area contributed by atoms with Crippen LogP contribution < -0.4 is 4.90 Å². The molecule has 1 amide bonds. The number of benzene rings is 1. The van der Waals surface area contributed by atoms with Gasteiger partial charge in [-0.2, -0.15) is 0 Å². The van der Waals surface area contributed by atoms with Gasteiger partial charge in [0.05, 0.1) is 12.2 Å². The molecule has 0 atom stereocenters. The molecule has 0 spiro atoms. The van der Waals surface area contributed by atoms with E-state index >= 15 is 0 Å². The molecule has 0 radical (unpaired) electrons. The Bertz CT molecular complexity index is 756. The largest absolute Gasteiger partial charge is 0.308 e. The van der Waals surface area contributed by atoms with Gasteiger partial charge in [-0.15, -0.1) is 0 Å². The van der Waals surface area contributed by atoms with Crippen molar-refractivity contribution >= 4 is 46.9 Å². The summed E-state index contributed by atoms with van der Waals surface area (Å²) in [6.07, 6.45) is 5.64. The number of halogens is 2. The third-order valence-electron chi connectivity index (χ3n) is 3.42. The molecule has 3 rings (SSSR count). The Morgan fingerprint density at radius 2 is 1.95 bits per heavy atom. The van der Waals surface area contributed by atoms with Crippen LogP contribution in [0.3, 0.4) is 0 Å². The second kappa shape index (κ2) is 5.51. The molecule has 0 unspecified atom stereocenters. The van der Waals surface area contributed by atoms with Crippen LogP contribution in [0.25, 0.3) is 12.2 Å². The summed E-state index contributed by atoms with van der Waals surface area (Å²) in [5.74, 6) is -0.0466. The predicted octanol–water partition coefficient (Wildman–Crippen LogP) is 4.43. The van der Waals surface area contributed by atoms with Gasteiger partial charge in [-0.3, -0.25) is 4.79 Å². The highest BCUT2D eigenvalue weighted by Gasteiger charge is 2.19. The van der Waals surface area contributed by atoms with E-state index < -0.39 is 0 Å². The van der Waals surface area contributed by atoms with Crippen molar-refractivity contribution < 1.29 is 4.79 Å². The number of hydrogen-bond donors (Lipinski definition) is 0. The first-order valence-corrected chi connectivity index (χ1v) is 7.20. The lowest BCUT2D eigenvalue weighted by atomic mass is 10.0. The fraction of sp³-hybridized carbons (Fsp3) is 0.125. The number of fused-ring (bicyclic) bond motifs is 2. The first-order chi connectivity index (χ1) is 10.0. The Hall–Kier alpha value is -1.84. The van der Waals surface area contributed by atoms with Crippen LogP contribution in [0, 0.1) is 0 Å². The second-order valence-corrected chi connectivity index (χ2v) is 5.67. The minimum atomic E-state index is -0.0466. The lowest BCUT2D eigenvalue weighted by Crippen LogP contribution is -2.29. The zero-order valence-corrected chi connectivity index (χ0v) is 12.8. The standard InChI is InChI=1S/C16H12Cl2N2O/c1-10(21)20-9-13-8-19-16(18)6-12(13)3-2-11-4-5-14(17)7-15(11)20/h2-8H,9H2,1H3. The van der Waals surface area contributed by atoms with E-state index in [1.165, 1.54) is 0 Å². The van der Waals surface area contributed by atoms with E-state index in [0.717, 1.165) is 22.4 Å². The van der Waals surface area contributed by atoms with E-state index in [2.05, 4.69) is 4.98 Å². The Morgan fingerprint density at radius 3 is 2.71 bits per heavy atom. The van der Waals surface area contributed by atoms with E-state index in [0.29, 0.717) is 16.7 Å². The fourth-order valence-corrected chi connectivity index (χ4v) is 2.70. The second-order valence-electron chi connectivity index (χ2n) is 4.85. The van der Waals surface area contributed by atoms with Gasteiger partial charge in [-0.05, 0) is 34.9 Å². The average Bonchev–Trinajstić information content (AvgIpc) is 2.42. The van der Waals surface area contributed by atoms with Gasteiger partial charge in [0.15, 0.2) is 0 Å². The van der Waals surface area contributed by atoms with Gasteiger partial charge in [0.2, 0.25) is 5.91 Å². The van der Waals surface area contributed by atoms with Crippen molar-refractivity contribution in [3.8, 4) is 0 Å². The third kappa shape index (κ3) is 2.80. The summed E-state index contributed by atoms with van der Waals surface area (Å²) in [5.41, 5.74) is 3.64. The first kappa shape index (κ1) is 14.1. The lowest BCUT2D eigenvalue weighted by Gasteiger charge is -2.25. The predicted molar refractivity (Wildman–Crippen MR) is 86.5 cm³/mol. The summed E-state index contributed by atoms with van der Waals surface area (Å²) >= 11 is 12.0. The van der Waals surface area contributed by atoms with Crippen LogP contribution in [0.15, 0.2) is 30.5 Å². The molecule has 21 heavy (non-hydrogen) atoms. The Balaban J connectivity index is 2.21. The summed E-state index contributed by atoms with van der Waals surface area (Å²) < 4.78 is 0. The lowest BCUT2D eigenvalue weighted by molar-refractivity contribution is -0.116. The topological polar surface area (TPSA) is 33.2 Å². The smallest absolute Gasteiger partial charge is 0.224 e. The van der Waals surface area contributed by atoms with Gasteiger partial charge >= 0.3 is 0 Å². The Labute approximate surface area is 132 Å². The highest BCUT2D eigenvalue weighted by atomic mass is 35.5. The van der Waals surface area contributed by atoms with Crippen molar-refractivity contribution in [2.45, 2.75) is 13.5 Å². The molecule has 0 aliphatic carbocycles. The van der Waals surface area contributed by atoms with Gasteiger partial charge in [-0.25, -0.2) is 4.98 Å². The van der Waals surface area contributed by atoms with Crippen molar-refractivity contribution in [2.24, 2.45) is 0 Å². The Morgan fingerprint density at radius 1 is 1.19 bits per heavy atom. The maximum Gasteiger partial charge on any atom is 0.224 e. The molecule has 2 aromatic rings. The van der Waals surface area contributed by atoms with Crippen LogP contribution in [0.5, 0.6) is 0 Å². The van der Waals surface area contributed by atoms with Crippen LogP contribution in [0.4, 0.5) is 5.69 Å². The molecular formula is C16H12Cl2N2O. The number of carbonyl (C=O) groups is 1. The van der Waals surface area contributed by atoms with Gasteiger partial charge in [-0.1, -0.05) is 41.4 Å². The molecule has 106 valence electrons. The van der Waals surface area contributed by atoms with Crippen molar-refractivity contribution in [3.63, 3.8) is 0 Å². The molecule has 1 aliphatic heterocycles. The van der Waals surface area contributed by atoms with Gasteiger partial charge < -0.3 is 4.90 Å². The van der Waals surface area contributed by atoms with Crippen molar-refractivity contribution in [2.75, 3.05) is 4.90 Å². The Kier molecular flexibility index (Phi) is 3.70. The van der Waals surface area contributed by atoms with E-state index in [1.807, 2.05) is 24.3 Å². The van der Waals surface area contributed by atoms with E-state index in [4.69, 9.17) is 23.2 Å². The zero-order valence-electron chi connectivity index (χ0n) is 11.3. The molecule has 0 saturated heterocycles. The fourth-order valence-electron chi connectivity index (χ4n) is 2.37. The molecule has 3 nitrogen and oxygen atoms in total. The number of pyridine rings is 1. The molecule has 5 heteroatoms.